The average Bonchev–Trinajstić information content (AvgIpc) is 3.19. The Hall–Kier alpha value is -2.48. The van der Waals surface area contributed by atoms with Crippen LogP contribution in [0.1, 0.15) is 15.4 Å². The van der Waals surface area contributed by atoms with Crippen molar-refractivity contribution < 1.29 is 9.21 Å². The van der Waals surface area contributed by atoms with Crippen molar-refractivity contribution in [3.05, 3.63) is 41.4 Å². The third-order valence-corrected chi connectivity index (χ3v) is 3.75. The van der Waals surface area contributed by atoms with Gasteiger partial charge in [-0.2, -0.15) is 5.10 Å². The van der Waals surface area contributed by atoms with E-state index in [0.717, 1.165) is 22.9 Å². The summed E-state index contributed by atoms with van der Waals surface area (Å²) in [6.07, 6.45) is 5.24. The van der Waals surface area contributed by atoms with Gasteiger partial charge in [-0.3, -0.25) is 9.48 Å². The number of rotatable bonds is 5. The van der Waals surface area contributed by atoms with Gasteiger partial charge in [0.2, 0.25) is 0 Å². The molecule has 0 aliphatic heterocycles. The molecule has 0 aromatic carbocycles. The van der Waals surface area contributed by atoms with Crippen molar-refractivity contribution in [3.63, 3.8) is 0 Å². The van der Waals surface area contributed by atoms with E-state index < -0.39 is 0 Å². The minimum atomic E-state index is -0.152. The van der Waals surface area contributed by atoms with Crippen LogP contribution in [0.3, 0.4) is 0 Å². The summed E-state index contributed by atoms with van der Waals surface area (Å²) in [6, 6.07) is 3.71. The lowest BCUT2D eigenvalue weighted by atomic mass is 10.3. The molecule has 7 nitrogen and oxygen atoms in total. The lowest BCUT2D eigenvalue weighted by Crippen LogP contribution is -2.27. The molecule has 3 aromatic heterocycles. The molecule has 3 aromatic rings. The van der Waals surface area contributed by atoms with E-state index in [9.17, 15) is 4.79 Å². The zero-order valence-electron chi connectivity index (χ0n) is 11.3. The maximum atomic E-state index is 11.9. The number of hydrogen-bond acceptors (Lipinski definition) is 6. The summed E-state index contributed by atoms with van der Waals surface area (Å²) in [6.45, 7) is 2.83. The predicted octanol–water partition coefficient (Wildman–Crippen LogP) is 1.73. The van der Waals surface area contributed by atoms with E-state index in [2.05, 4.69) is 20.0 Å². The lowest BCUT2D eigenvalue weighted by Gasteiger charge is -2.03. The van der Waals surface area contributed by atoms with Crippen molar-refractivity contribution >= 4 is 17.4 Å². The molecule has 21 heavy (non-hydrogen) atoms. The fourth-order valence-corrected chi connectivity index (χ4v) is 2.43. The van der Waals surface area contributed by atoms with Gasteiger partial charge in [0.1, 0.15) is 10.6 Å². The average molecular weight is 303 g/mol. The van der Waals surface area contributed by atoms with Gasteiger partial charge in [-0.15, -0.1) is 5.10 Å². The van der Waals surface area contributed by atoms with Crippen LogP contribution in [0.15, 0.2) is 35.2 Å². The van der Waals surface area contributed by atoms with Gasteiger partial charge in [-0.1, -0.05) is 4.49 Å². The van der Waals surface area contributed by atoms with Crippen molar-refractivity contribution in [1.29, 1.82) is 0 Å². The van der Waals surface area contributed by atoms with Gasteiger partial charge >= 0.3 is 0 Å². The van der Waals surface area contributed by atoms with E-state index in [4.69, 9.17) is 4.42 Å². The summed E-state index contributed by atoms with van der Waals surface area (Å²) in [5, 5.41) is 10.9. The largest absolute Gasteiger partial charge is 0.464 e. The van der Waals surface area contributed by atoms with Crippen LogP contribution < -0.4 is 5.32 Å². The summed E-state index contributed by atoms with van der Waals surface area (Å²) in [5.41, 5.74) is 1.56. The minimum Gasteiger partial charge on any atom is -0.464 e. The molecule has 3 heterocycles. The predicted molar refractivity (Wildman–Crippen MR) is 76.9 cm³/mol. The summed E-state index contributed by atoms with van der Waals surface area (Å²) in [5.74, 6) is 0.623. The normalized spacial score (nSPS) is 10.7. The van der Waals surface area contributed by atoms with Crippen LogP contribution in [-0.4, -0.2) is 31.8 Å². The second-order valence-corrected chi connectivity index (χ2v) is 5.17. The zero-order chi connectivity index (χ0) is 14.7. The summed E-state index contributed by atoms with van der Waals surface area (Å²) >= 11 is 1.10. The highest BCUT2D eigenvalue weighted by molar-refractivity contribution is 7.07. The molecule has 0 spiro atoms. The molecule has 0 radical (unpaired) electrons. The molecule has 0 unspecified atom stereocenters. The molecule has 0 saturated heterocycles. The van der Waals surface area contributed by atoms with Crippen molar-refractivity contribution in [2.45, 2.75) is 13.5 Å². The highest BCUT2D eigenvalue weighted by Crippen LogP contribution is 2.18. The molecular weight excluding hydrogens is 290 g/mol. The van der Waals surface area contributed by atoms with Gasteiger partial charge in [-0.05, 0) is 30.6 Å². The van der Waals surface area contributed by atoms with E-state index in [1.54, 1.807) is 24.1 Å². The molecule has 0 bridgehead atoms. The second kappa shape index (κ2) is 5.88. The van der Waals surface area contributed by atoms with Crippen LogP contribution in [-0.2, 0) is 6.54 Å². The number of nitrogens with one attached hydrogen (secondary N) is 1. The third-order valence-electron chi connectivity index (χ3n) is 2.92. The van der Waals surface area contributed by atoms with Gasteiger partial charge in [0, 0.05) is 12.7 Å². The van der Waals surface area contributed by atoms with Crippen LogP contribution in [0.5, 0.6) is 0 Å². The van der Waals surface area contributed by atoms with Crippen LogP contribution >= 0.6 is 11.5 Å². The minimum absolute atomic E-state index is 0.152. The molecule has 108 valence electrons. The number of amides is 1. The van der Waals surface area contributed by atoms with E-state index in [-0.39, 0.29) is 5.91 Å². The fraction of sp³-hybridized carbons (Fsp3) is 0.231. The number of aromatic nitrogens is 4. The lowest BCUT2D eigenvalue weighted by molar-refractivity contribution is 0.0955. The zero-order valence-corrected chi connectivity index (χ0v) is 12.1. The molecule has 0 fully saturated rings. The molecular formula is C13H13N5O2S. The molecule has 0 aliphatic carbocycles. The van der Waals surface area contributed by atoms with Crippen LogP contribution in [0.4, 0.5) is 0 Å². The number of nitrogens with zero attached hydrogens (tertiary/aromatic N) is 4. The quantitative estimate of drug-likeness (QED) is 0.776. The maximum absolute atomic E-state index is 11.9. The summed E-state index contributed by atoms with van der Waals surface area (Å²) in [4.78, 5) is 12.4. The van der Waals surface area contributed by atoms with Gasteiger partial charge in [0.25, 0.3) is 5.91 Å². The Labute approximate surface area is 124 Å². The highest BCUT2D eigenvalue weighted by atomic mass is 32.1. The molecule has 1 N–H and O–H groups in total. The third kappa shape index (κ3) is 3.00. The van der Waals surface area contributed by atoms with Crippen LogP contribution in [0.25, 0.3) is 11.3 Å². The van der Waals surface area contributed by atoms with E-state index in [1.807, 2.05) is 18.3 Å². The van der Waals surface area contributed by atoms with Gasteiger partial charge < -0.3 is 9.73 Å². The smallest absolute Gasteiger partial charge is 0.265 e. The van der Waals surface area contributed by atoms with Crippen LogP contribution in [0.2, 0.25) is 0 Å². The Morgan fingerprint density at radius 1 is 1.52 bits per heavy atom. The fourth-order valence-electron chi connectivity index (χ4n) is 1.86. The monoisotopic (exact) mass is 303 g/mol. The van der Waals surface area contributed by atoms with Crippen LogP contribution in [0, 0.1) is 6.92 Å². The van der Waals surface area contributed by atoms with Crippen molar-refractivity contribution in [2.24, 2.45) is 0 Å². The summed E-state index contributed by atoms with van der Waals surface area (Å²) in [7, 11) is 0. The first-order chi connectivity index (χ1) is 10.2. The number of furan rings is 1. The molecule has 0 saturated carbocycles. The Balaban J connectivity index is 1.54. The standard InChI is InChI=1S/C13H13N5O2S/c1-9-12(21-17-16-9)13(19)14-4-5-18-8-10(7-15-18)11-3-2-6-20-11/h2-3,6-8H,4-5H2,1H3,(H,14,19). The molecule has 3 rings (SSSR count). The molecule has 0 atom stereocenters. The Morgan fingerprint density at radius 3 is 3.14 bits per heavy atom. The SMILES string of the molecule is Cc1nnsc1C(=O)NCCn1cc(-c2ccco2)cn1. The van der Waals surface area contributed by atoms with E-state index in [1.165, 1.54) is 0 Å². The Bertz CT molecular complexity index is 731. The Morgan fingerprint density at radius 2 is 2.43 bits per heavy atom. The topological polar surface area (TPSA) is 85.8 Å². The molecule has 8 heteroatoms. The number of hydrogen-bond donors (Lipinski definition) is 1. The van der Waals surface area contributed by atoms with Crippen molar-refractivity contribution in [3.8, 4) is 11.3 Å². The van der Waals surface area contributed by atoms with E-state index >= 15 is 0 Å². The molecule has 1 amide bonds. The van der Waals surface area contributed by atoms with Crippen molar-refractivity contribution in [1.82, 2.24) is 24.7 Å². The van der Waals surface area contributed by atoms with Gasteiger partial charge in [0.15, 0.2) is 0 Å². The van der Waals surface area contributed by atoms with E-state index in [0.29, 0.717) is 23.7 Å². The van der Waals surface area contributed by atoms with Crippen molar-refractivity contribution in [2.75, 3.05) is 6.54 Å². The van der Waals surface area contributed by atoms with Gasteiger partial charge in [0.05, 0.1) is 30.3 Å². The number of carbonyl (C=O) groups excluding carboxylic acids is 1. The highest BCUT2D eigenvalue weighted by Gasteiger charge is 2.12. The first kappa shape index (κ1) is 13.5. The Kier molecular flexibility index (Phi) is 3.78. The number of carbonyl (C=O) groups is 1. The molecule has 0 aliphatic rings. The first-order valence-corrected chi connectivity index (χ1v) is 7.15. The number of aryl methyl sites for hydroxylation is 1. The maximum Gasteiger partial charge on any atom is 0.265 e. The summed E-state index contributed by atoms with van der Waals surface area (Å²) < 4.78 is 10.8. The second-order valence-electron chi connectivity index (χ2n) is 4.41. The van der Waals surface area contributed by atoms with Gasteiger partial charge in [-0.25, -0.2) is 0 Å². The first-order valence-electron chi connectivity index (χ1n) is 6.37.